The van der Waals surface area contributed by atoms with Gasteiger partial charge in [-0.25, -0.2) is 9.78 Å². The van der Waals surface area contributed by atoms with Crippen molar-refractivity contribution in [2.45, 2.75) is 6.42 Å². The van der Waals surface area contributed by atoms with Crippen molar-refractivity contribution >= 4 is 58.1 Å². The lowest BCUT2D eigenvalue weighted by molar-refractivity contribution is -0.384. The Bertz CT molecular complexity index is 1500. The van der Waals surface area contributed by atoms with Crippen molar-refractivity contribution in [3.63, 3.8) is 0 Å². The van der Waals surface area contributed by atoms with Crippen LogP contribution < -0.4 is 16.2 Å². The van der Waals surface area contributed by atoms with Crippen LogP contribution >= 0.6 is 23.2 Å². The maximum Gasteiger partial charge on any atom is 0.326 e. The molecule has 0 spiro atoms. The molecule has 172 valence electrons. The molecule has 0 radical (unpaired) electrons. The number of fused-ring (bicyclic) bond motifs is 1. The van der Waals surface area contributed by atoms with Crippen molar-refractivity contribution in [1.29, 1.82) is 0 Å². The fourth-order valence-corrected chi connectivity index (χ4v) is 3.34. The Kier molecular flexibility index (Phi) is 6.21. The molecule has 15 heteroatoms. The zero-order chi connectivity index (χ0) is 24.4. The molecular formula is C19H12Cl2N8O5. The predicted octanol–water partition coefficient (Wildman–Crippen LogP) is 3.10. The van der Waals surface area contributed by atoms with Crippen LogP contribution in [0.15, 0.2) is 47.3 Å². The lowest BCUT2D eigenvalue weighted by Crippen LogP contribution is -2.25. The van der Waals surface area contributed by atoms with Crippen molar-refractivity contribution in [2.75, 3.05) is 10.6 Å². The Morgan fingerprint density at radius 2 is 1.82 bits per heavy atom. The summed E-state index contributed by atoms with van der Waals surface area (Å²) in [5.41, 5.74) is -1.08. The summed E-state index contributed by atoms with van der Waals surface area (Å²) in [4.78, 5) is 51.7. The van der Waals surface area contributed by atoms with E-state index in [1.165, 1.54) is 12.1 Å². The second-order valence-electron chi connectivity index (χ2n) is 6.74. The van der Waals surface area contributed by atoms with E-state index in [0.29, 0.717) is 10.7 Å². The second kappa shape index (κ2) is 9.25. The molecule has 0 fully saturated rings. The van der Waals surface area contributed by atoms with Crippen molar-refractivity contribution in [1.82, 2.24) is 24.8 Å². The molecule has 0 atom stereocenters. The maximum atomic E-state index is 12.6. The Balaban J connectivity index is 1.54. The van der Waals surface area contributed by atoms with E-state index in [2.05, 4.69) is 30.9 Å². The molecule has 0 aliphatic rings. The molecule has 0 aliphatic heterocycles. The highest BCUT2D eigenvalue weighted by molar-refractivity contribution is 6.36. The summed E-state index contributed by atoms with van der Waals surface area (Å²) in [6.45, 7) is 0. The molecule has 0 bridgehead atoms. The van der Waals surface area contributed by atoms with Gasteiger partial charge in [0, 0.05) is 22.3 Å². The number of hydrogen-bond acceptors (Lipinski definition) is 8. The van der Waals surface area contributed by atoms with Crippen LogP contribution in [-0.2, 0) is 6.42 Å². The molecule has 0 saturated heterocycles. The molecule has 13 nitrogen and oxygen atoms in total. The summed E-state index contributed by atoms with van der Waals surface area (Å²) in [6.07, 6.45) is -0.501. The number of amides is 2. The Morgan fingerprint density at radius 3 is 2.53 bits per heavy atom. The van der Waals surface area contributed by atoms with Crippen LogP contribution in [0.1, 0.15) is 16.1 Å². The van der Waals surface area contributed by atoms with Gasteiger partial charge < -0.3 is 5.32 Å². The summed E-state index contributed by atoms with van der Waals surface area (Å²) in [7, 11) is 0. The summed E-state index contributed by atoms with van der Waals surface area (Å²) in [5.74, 6) is -0.892. The second-order valence-corrected chi connectivity index (χ2v) is 7.55. The Labute approximate surface area is 198 Å². The number of nitrogens with one attached hydrogen (secondary N) is 3. The van der Waals surface area contributed by atoms with Gasteiger partial charge in [0.1, 0.15) is 10.7 Å². The van der Waals surface area contributed by atoms with Crippen molar-refractivity contribution < 1.29 is 14.5 Å². The molecule has 3 N–H and O–H groups in total. The third-order valence-corrected chi connectivity index (χ3v) is 5.14. The summed E-state index contributed by atoms with van der Waals surface area (Å²) >= 11 is 11.8. The highest BCUT2D eigenvalue weighted by Gasteiger charge is 2.22. The number of ketones is 1. The van der Waals surface area contributed by atoms with Gasteiger partial charge >= 0.3 is 6.03 Å². The first kappa shape index (κ1) is 22.8. The highest BCUT2D eigenvalue weighted by atomic mass is 35.5. The number of hydrogen-bond donors (Lipinski definition) is 3. The fraction of sp³-hybridized carbons (Fsp3) is 0.0526. The number of carbonyl (C=O) groups excluding carboxylic acids is 2. The third kappa shape index (κ3) is 4.69. The minimum Gasteiger partial charge on any atom is -0.308 e. The number of nitrogens with zero attached hydrogens (tertiary/aromatic N) is 5. The standard InChI is InChI=1S/C19H12Cl2N8O5/c20-9-4-6-10(7-5-9)22-19(32)24-18-26-25-17-23-12(16(31)27-28(17)18)8-14(30)11-2-1-3-13(15(11)21)29(33)34/h1-7H,8H2,(H,27,31)(H2,22,24,26,32). The quantitative estimate of drug-likeness (QED) is 0.204. The normalized spacial score (nSPS) is 10.8. The number of carbonyl (C=O) groups is 2. The van der Waals surface area contributed by atoms with E-state index in [9.17, 15) is 24.5 Å². The summed E-state index contributed by atoms with van der Waals surface area (Å²) < 4.78 is 1.03. The van der Waals surface area contributed by atoms with Gasteiger partial charge in [-0.2, -0.15) is 4.52 Å². The zero-order valence-electron chi connectivity index (χ0n) is 16.8. The number of benzene rings is 2. The average Bonchev–Trinajstić information content (AvgIpc) is 3.16. The molecule has 0 unspecified atom stereocenters. The van der Waals surface area contributed by atoms with Gasteiger partial charge in [-0.1, -0.05) is 29.3 Å². The number of aromatic amines is 1. The summed E-state index contributed by atoms with van der Waals surface area (Å²) in [5, 5.41) is 26.1. The smallest absolute Gasteiger partial charge is 0.308 e. The van der Waals surface area contributed by atoms with Crippen LogP contribution in [0, 0.1) is 10.1 Å². The Morgan fingerprint density at radius 1 is 1.09 bits per heavy atom. The number of urea groups is 1. The number of H-pyrrole nitrogens is 1. The molecule has 34 heavy (non-hydrogen) atoms. The summed E-state index contributed by atoms with van der Waals surface area (Å²) in [6, 6.07) is 9.46. The number of nitro groups is 1. The molecule has 4 rings (SSSR count). The molecule has 0 aliphatic carbocycles. The van der Waals surface area contributed by atoms with Gasteiger partial charge in [-0.05, 0) is 30.3 Å². The van der Waals surface area contributed by atoms with E-state index in [1.807, 2.05) is 0 Å². The number of nitro benzene ring substituents is 1. The van der Waals surface area contributed by atoms with Crippen molar-refractivity contribution in [3.05, 3.63) is 84.2 Å². The minimum absolute atomic E-state index is 0.102. The average molecular weight is 503 g/mol. The van der Waals surface area contributed by atoms with Crippen LogP contribution in [0.4, 0.5) is 22.1 Å². The monoisotopic (exact) mass is 502 g/mol. The topological polar surface area (TPSA) is 177 Å². The van der Waals surface area contributed by atoms with Crippen molar-refractivity contribution in [2.24, 2.45) is 0 Å². The van der Waals surface area contributed by atoms with E-state index in [-0.39, 0.29) is 28.0 Å². The van der Waals surface area contributed by atoms with Gasteiger partial charge in [0.15, 0.2) is 5.78 Å². The number of rotatable bonds is 6. The van der Waals surface area contributed by atoms with E-state index in [1.54, 1.807) is 24.3 Å². The van der Waals surface area contributed by atoms with Gasteiger partial charge in [0.2, 0.25) is 0 Å². The Hall–Kier alpha value is -4.36. The lowest BCUT2D eigenvalue weighted by Gasteiger charge is -2.06. The van der Waals surface area contributed by atoms with Gasteiger partial charge in [-0.3, -0.25) is 30.1 Å². The largest absolute Gasteiger partial charge is 0.326 e. The van der Waals surface area contributed by atoms with Crippen LogP contribution in [0.5, 0.6) is 0 Å². The molecule has 2 heterocycles. The predicted molar refractivity (Wildman–Crippen MR) is 122 cm³/mol. The first-order chi connectivity index (χ1) is 16.2. The molecule has 4 aromatic rings. The number of aromatic nitrogens is 5. The highest BCUT2D eigenvalue weighted by Crippen LogP contribution is 2.28. The molecule has 2 aromatic carbocycles. The van der Waals surface area contributed by atoms with Crippen LogP contribution in [0.2, 0.25) is 10.0 Å². The van der Waals surface area contributed by atoms with E-state index < -0.39 is 34.4 Å². The van der Waals surface area contributed by atoms with Gasteiger partial charge in [-0.15, -0.1) is 10.2 Å². The zero-order valence-corrected chi connectivity index (χ0v) is 18.3. The van der Waals surface area contributed by atoms with Crippen molar-refractivity contribution in [3.8, 4) is 0 Å². The molecule has 2 amide bonds. The van der Waals surface area contributed by atoms with Crippen LogP contribution in [0.25, 0.3) is 5.78 Å². The fourth-order valence-electron chi connectivity index (χ4n) is 2.91. The molecule has 0 saturated carbocycles. The SMILES string of the molecule is O=C(Nc1ccc(Cl)cc1)Nc1nnc2nc(CC(=O)c3cccc([N+](=O)[O-])c3Cl)c(=O)[nH]n12. The third-order valence-electron chi connectivity index (χ3n) is 4.49. The van der Waals surface area contributed by atoms with Crippen LogP contribution in [-0.4, -0.2) is 41.5 Å². The van der Waals surface area contributed by atoms with E-state index >= 15 is 0 Å². The first-order valence-electron chi connectivity index (χ1n) is 9.37. The number of anilines is 2. The number of halogens is 2. The van der Waals surface area contributed by atoms with E-state index in [0.717, 1.165) is 10.6 Å². The van der Waals surface area contributed by atoms with Gasteiger partial charge in [0.05, 0.1) is 11.3 Å². The van der Waals surface area contributed by atoms with Crippen LogP contribution in [0.3, 0.4) is 0 Å². The van der Waals surface area contributed by atoms with Gasteiger partial charge in [0.25, 0.3) is 23.0 Å². The van der Waals surface area contributed by atoms with E-state index in [4.69, 9.17) is 23.2 Å². The molecular weight excluding hydrogens is 491 g/mol. The first-order valence-corrected chi connectivity index (χ1v) is 10.1. The minimum atomic E-state index is -0.761. The lowest BCUT2D eigenvalue weighted by atomic mass is 10.1. The molecule has 2 aromatic heterocycles. The number of Topliss-reactive ketones (excluding diaryl/α,β-unsaturated/α-hetero) is 1. The maximum absolute atomic E-state index is 12.6.